The fourth-order valence-corrected chi connectivity index (χ4v) is 3.41. The van der Waals surface area contributed by atoms with Crippen LogP contribution in [0.3, 0.4) is 0 Å². The van der Waals surface area contributed by atoms with E-state index in [1.54, 1.807) is 25.1 Å². The summed E-state index contributed by atoms with van der Waals surface area (Å²) in [7, 11) is 3.03. The Labute approximate surface area is 163 Å². The molecule has 0 spiro atoms. The largest absolute Gasteiger partial charge is 0.493 e. The number of aryl methyl sites for hydroxylation is 1. The molecule has 6 nitrogen and oxygen atoms in total. The molecular weight excluding hydrogens is 363 g/mol. The summed E-state index contributed by atoms with van der Waals surface area (Å²) in [5.74, 6) is -0.590. The van der Waals surface area contributed by atoms with Gasteiger partial charge in [0, 0.05) is 30.8 Å². The minimum atomic E-state index is -0.713. The lowest BCUT2D eigenvalue weighted by atomic mass is 9.98. The van der Waals surface area contributed by atoms with Gasteiger partial charge in [-0.05, 0) is 42.7 Å². The number of ether oxygens (including phenoxy) is 2. The van der Waals surface area contributed by atoms with Gasteiger partial charge in [0.1, 0.15) is 5.82 Å². The SMILES string of the molecule is COc1cc(C)c(NC(=O)C(=O)N2CCC(c3cccc(F)c3)C2)cc1OC. The number of nitrogens with zero attached hydrogens (tertiary/aromatic N) is 1. The van der Waals surface area contributed by atoms with E-state index in [0.29, 0.717) is 36.7 Å². The lowest BCUT2D eigenvalue weighted by molar-refractivity contribution is -0.142. The molecule has 2 aromatic rings. The molecule has 2 aromatic carbocycles. The molecule has 1 saturated heterocycles. The van der Waals surface area contributed by atoms with E-state index in [1.165, 1.54) is 31.3 Å². The summed E-state index contributed by atoms with van der Waals surface area (Å²) in [4.78, 5) is 26.5. The van der Waals surface area contributed by atoms with E-state index in [4.69, 9.17) is 9.47 Å². The molecule has 0 radical (unpaired) electrons. The number of hydrogen-bond donors (Lipinski definition) is 1. The zero-order valence-corrected chi connectivity index (χ0v) is 16.1. The average Bonchev–Trinajstić information content (AvgIpc) is 3.18. The van der Waals surface area contributed by atoms with Gasteiger partial charge in [-0.25, -0.2) is 4.39 Å². The molecule has 3 rings (SSSR count). The van der Waals surface area contributed by atoms with Gasteiger partial charge in [0.15, 0.2) is 11.5 Å². The predicted molar refractivity (Wildman–Crippen MR) is 103 cm³/mol. The Morgan fingerprint density at radius 2 is 1.86 bits per heavy atom. The Kier molecular flexibility index (Phi) is 5.82. The summed E-state index contributed by atoms with van der Waals surface area (Å²) in [6.45, 7) is 2.65. The first kappa shape index (κ1) is 19.7. The van der Waals surface area contributed by atoms with Crippen LogP contribution in [0.15, 0.2) is 36.4 Å². The van der Waals surface area contributed by atoms with E-state index >= 15 is 0 Å². The average molecular weight is 386 g/mol. The minimum Gasteiger partial charge on any atom is -0.493 e. The number of likely N-dealkylation sites (tertiary alicyclic amines) is 1. The Morgan fingerprint density at radius 3 is 2.54 bits per heavy atom. The maximum Gasteiger partial charge on any atom is 0.313 e. The summed E-state index contributed by atoms with van der Waals surface area (Å²) in [5.41, 5.74) is 2.07. The lowest BCUT2D eigenvalue weighted by Crippen LogP contribution is -2.38. The number of rotatable bonds is 4. The van der Waals surface area contributed by atoms with Crippen LogP contribution in [0.1, 0.15) is 23.5 Å². The molecule has 0 saturated carbocycles. The first-order chi connectivity index (χ1) is 13.4. The molecule has 0 bridgehead atoms. The number of anilines is 1. The van der Waals surface area contributed by atoms with Crippen LogP contribution in [0.4, 0.5) is 10.1 Å². The molecule has 1 aliphatic heterocycles. The van der Waals surface area contributed by atoms with Crippen LogP contribution in [0.25, 0.3) is 0 Å². The topological polar surface area (TPSA) is 67.9 Å². The fraction of sp³-hybridized carbons (Fsp3) is 0.333. The van der Waals surface area contributed by atoms with Gasteiger partial charge in [0.2, 0.25) is 0 Å². The molecule has 1 atom stereocenters. The second-order valence-electron chi connectivity index (χ2n) is 6.77. The van der Waals surface area contributed by atoms with Crippen molar-refractivity contribution in [3.05, 3.63) is 53.3 Å². The highest BCUT2D eigenvalue weighted by atomic mass is 19.1. The van der Waals surface area contributed by atoms with Crippen molar-refractivity contribution >= 4 is 17.5 Å². The van der Waals surface area contributed by atoms with Gasteiger partial charge in [-0.3, -0.25) is 9.59 Å². The van der Waals surface area contributed by atoms with Crippen LogP contribution >= 0.6 is 0 Å². The van der Waals surface area contributed by atoms with E-state index in [0.717, 1.165) is 11.1 Å². The predicted octanol–water partition coefficient (Wildman–Crippen LogP) is 3.11. The first-order valence-corrected chi connectivity index (χ1v) is 9.01. The monoisotopic (exact) mass is 386 g/mol. The Morgan fingerprint density at radius 1 is 1.14 bits per heavy atom. The zero-order chi connectivity index (χ0) is 20.3. The smallest absolute Gasteiger partial charge is 0.313 e. The van der Waals surface area contributed by atoms with Crippen molar-refractivity contribution in [1.82, 2.24) is 4.90 Å². The Bertz CT molecular complexity index is 900. The Balaban J connectivity index is 1.68. The number of hydrogen-bond acceptors (Lipinski definition) is 4. The van der Waals surface area contributed by atoms with Crippen LogP contribution < -0.4 is 14.8 Å². The normalized spacial score (nSPS) is 16.0. The van der Waals surface area contributed by atoms with Gasteiger partial charge >= 0.3 is 11.8 Å². The number of nitrogens with one attached hydrogen (secondary N) is 1. The molecule has 0 aliphatic carbocycles. The third-order valence-corrected chi connectivity index (χ3v) is 4.97. The summed E-state index contributed by atoms with van der Waals surface area (Å²) in [6.07, 6.45) is 0.692. The van der Waals surface area contributed by atoms with Crippen LogP contribution in [0.5, 0.6) is 11.5 Å². The van der Waals surface area contributed by atoms with Gasteiger partial charge in [0.25, 0.3) is 0 Å². The lowest BCUT2D eigenvalue weighted by Gasteiger charge is -2.18. The minimum absolute atomic E-state index is 0.0234. The van der Waals surface area contributed by atoms with E-state index in [-0.39, 0.29) is 11.7 Å². The molecular formula is C21H23FN2O4. The van der Waals surface area contributed by atoms with Gasteiger partial charge in [-0.1, -0.05) is 12.1 Å². The summed E-state index contributed by atoms with van der Waals surface area (Å²) >= 11 is 0. The molecule has 2 amide bonds. The molecule has 7 heteroatoms. The summed E-state index contributed by atoms with van der Waals surface area (Å²) in [5, 5.41) is 2.65. The maximum absolute atomic E-state index is 13.4. The number of benzene rings is 2. The van der Waals surface area contributed by atoms with E-state index < -0.39 is 11.8 Å². The van der Waals surface area contributed by atoms with Gasteiger partial charge in [0.05, 0.1) is 14.2 Å². The summed E-state index contributed by atoms with van der Waals surface area (Å²) in [6, 6.07) is 9.72. The quantitative estimate of drug-likeness (QED) is 0.820. The van der Waals surface area contributed by atoms with Crippen molar-refractivity contribution in [3.63, 3.8) is 0 Å². The third kappa shape index (κ3) is 4.08. The molecule has 1 unspecified atom stereocenters. The number of halogens is 1. The van der Waals surface area contributed by atoms with Crippen molar-refractivity contribution in [2.24, 2.45) is 0 Å². The highest BCUT2D eigenvalue weighted by molar-refractivity contribution is 6.39. The van der Waals surface area contributed by atoms with Crippen LogP contribution in [0, 0.1) is 12.7 Å². The molecule has 1 N–H and O–H groups in total. The fourth-order valence-electron chi connectivity index (χ4n) is 3.41. The zero-order valence-electron chi connectivity index (χ0n) is 16.1. The van der Waals surface area contributed by atoms with Crippen molar-refractivity contribution < 1.29 is 23.5 Å². The van der Waals surface area contributed by atoms with Crippen LogP contribution in [-0.4, -0.2) is 44.0 Å². The highest BCUT2D eigenvalue weighted by Gasteiger charge is 2.31. The second-order valence-corrected chi connectivity index (χ2v) is 6.77. The van der Waals surface area contributed by atoms with E-state index in [9.17, 15) is 14.0 Å². The van der Waals surface area contributed by atoms with Crippen molar-refractivity contribution in [2.45, 2.75) is 19.3 Å². The van der Waals surface area contributed by atoms with Crippen molar-refractivity contribution in [1.29, 1.82) is 0 Å². The van der Waals surface area contributed by atoms with Crippen molar-refractivity contribution in [3.8, 4) is 11.5 Å². The van der Waals surface area contributed by atoms with Gasteiger partial charge in [-0.2, -0.15) is 0 Å². The first-order valence-electron chi connectivity index (χ1n) is 9.01. The van der Waals surface area contributed by atoms with E-state index in [1.807, 2.05) is 6.07 Å². The second kappa shape index (κ2) is 8.29. The third-order valence-electron chi connectivity index (χ3n) is 4.97. The molecule has 1 heterocycles. The number of amides is 2. The standard InChI is InChI=1S/C21H23FN2O4/c1-13-9-18(27-2)19(28-3)11-17(13)23-20(25)21(26)24-8-7-15(12-24)14-5-4-6-16(22)10-14/h4-6,9-11,15H,7-8,12H2,1-3H3,(H,23,25). The maximum atomic E-state index is 13.4. The van der Waals surface area contributed by atoms with Crippen LogP contribution in [0.2, 0.25) is 0 Å². The molecule has 0 aromatic heterocycles. The molecule has 28 heavy (non-hydrogen) atoms. The summed E-state index contributed by atoms with van der Waals surface area (Å²) < 4.78 is 23.9. The molecule has 1 aliphatic rings. The van der Waals surface area contributed by atoms with Crippen LogP contribution in [-0.2, 0) is 9.59 Å². The van der Waals surface area contributed by atoms with Gasteiger partial charge < -0.3 is 19.7 Å². The number of carbonyl (C=O) groups excluding carboxylic acids is 2. The Hall–Kier alpha value is -3.09. The number of carbonyl (C=O) groups is 2. The highest BCUT2D eigenvalue weighted by Crippen LogP contribution is 2.33. The molecule has 1 fully saturated rings. The number of methoxy groups -OCH3 is 2. The van der Waals surface area contributed by atoms with Gasteiger partial charge in [-0.15, -0.1) is 0 Å². The van der Waals surface area contributed by atoms with Crippen molar-refractivity contribution in [2.75, 3.05) is 32.6 Å². The molecule has 148 valence electrons. The van der Waals surface area contributed by atoms with E-state index in [2.05, 4.69) is 5.32 Å².